The van der Waals surface area contributed by atoms with Crippen LogP contribution in [-0.2, 0) is 11.3 Å². The Morgan fingerprint density at radius 2 is 1.73 bits per heavy atom. The van der Waals surface area contributed by atoms with Gasteiger partial charge in [0.2, 0.25) is 11.7 Å². The highest BCUT2D eigenvalue weighted by Crippen LogP contribution is 2.30. The fourth-order valence-corrected chi connectivity index (χ4v) is 3.12. The fraction of sp³-hybridized carbons (Fsp3) is 0.556. The molecule has 0 bridgehead atoms. The number of nitrogens with zero attached hydrogens (tertiary/aromatic N) is 5. The van der Waals surface area contributed by atoms with E-state index in [0.29, 0.717) is 17.3 Å². The van der Waals surface area contributed by atoms with Crippen molar-refractivity contribution in [2.24, 2.45) is 0 Å². The maximum atomic E-state index is 12.5. The second kappa shape index (κ2) is 8.64. The van der Waals surface area contributed by atoms with E-state index in [1.54, 1.807) is 26.4 Å². The number of methoxy groups -OCH3 is 2. The van der Waals surface area contributed by atoms with Gasteiger partial charge in [-0.1, -0.05) is 19.3 Å². The molecular weight excluding hydrogens is 334 g/mol. The monoisotopic (exact) mass is 359 g/mol. The number of aromatic nitrogens is 4. The van der Waals surface area contributed by atoms with Gasteiger partial charge in [-0.25, -0.2) is 0 Å². The van der Waals surface area contributed by atoms with E-state index >= 15 is 0 Å². The number of likely N-dealkylation sites (tertiary alicyclic amines) is 1. The third kappa shape index (κ3) is 4.30. The average molecular weight is 359 g/mol. The smallest absolute Gasteiger partial charge is 0.246 e. The van der Waals surface area contributed by atoms with Gasteiger partial charge in [-0.3, -0.25) is 4.79 Å². The van der Waals surface area contributed by atoms with E-state index in [0.717, 1.165) is 31.5 Å². The lowest BCUT2D eigenvalue weighted by Crippen LogP contribution is -2.36. The molecular formula is C18H25N5O3. The highest BCUT2D eigenvalue weighted by Gasteiger charge is 2.17. The minimum atomic E-state index is 0.0446. The first kappa shape index (κ1) is 18.2. The lowest BCUT2D eigenvalue weighted by Gasteiger charge is -2.24. The molecule has 1 aromatic carbocycles. The summed E-state index contributed by atoms with van der Waals surface area (Å²) in [5.41, 5.74) is 0.757. The second-order valence-electron chi connectivity index (χ2n) is 6.36. The predicted molar refractivity (Wildman–Crippen MR) is 96.0 cm³/mol. The number of carbonyl (C=O) groups is 1. The Morgan fingerprint density at radius 3 is 2.42 bits per heavy atom. The molecule has 2 heterocycles. The second-order valence-corrected chi connectivity index (χ2v) is 6.36. The normalized spacial score (nSPS) is 15.2. The van der Waals surface area contributed by atoms with E-state index in [2.05, 4.69) is 15.4 Å². The molecule has 1 saturated heterocycles. The Labute approximate surface area is 153 Å². The largest absolute Gasteiger partial charge is 0.493 e. The van der Waals surface area contributed by atoms with Crippen LogP contribution in [0.2, 0.25) is 0 Å². The van der Waals surface area contributed by atoms with Crippen molar-refractivity contribution in [3.63, 3.8) is 0 Å². The molecule has 0 saturated carbocycles. The Hall–Kier alpha value is -2.64. The summed E-state index contributed by atoms with van der Waals surface area (Å²) in [5.74, 6) is 1.73. The van der Waals surface area contributed by atoms with Crippen molar-refractivity contribution in [3.05, 3.63) is 18.2 Å². The van der Waals surface area contributed by atoms with Gasteiger partial charge in [0.15, 0.2) is 11.5 Å². The van der Waals surface area contributed by atoms with Gasteiger partial charge in [0, 0.05) is 18.7 Å². The molecule has 8 heteroatoms. The zero-order chi connectivity index (χ0) is 18.4. The summed E-state index contributed by atoms with van der Waals surface area (Å²) in [7, 11) is 3.16. The summed E-state index contributed by atoms with van der Waals surface area (Å²) < 4.78 is 10.5. The molecule has 26 heavy (non-hydrogen) atoms. The number of ether oxygens (including phenoxy) is 2. The molecule has 0 aliphatic carbocycles. The molecule has 8 nitrogen and oxygen atoms in total. The number of benzene rings is 1. The maximum absolute atomic E-state index is 12.5. The third-order valence-electron chi connectivity index (χ3n) is 4.58. The number of tetrazole rings is 1. The Bertz CT molecular complexity index is 738. The molecule has 1 aliphatic heterocycles. The zero-order valence-corrected chi connectivity index (χ0v) is 15.3. The first-order chi connectivity index (χ1) is 12.7. The van der Waals surface area contributed by atoms with E-state index in [1.807, 2.05) is 11.0 Å². The van der Waals surface area contributed by atoms with Gasteiger partial charge in [-0.2, -0.15) is 4.80 Å². The highest BCUT2D eigenvalue weighted by atomic mass is 16.5. The van der Waals surface area contributed by atoms with Crippen molar-refractivity contribution in [2.75, 3.05) is 27.3 Å². The zero-order valence-electron chi connectivity index (χ0n) is 15.3. The van der Waals surface area contributed by atoms with Crippen LogP contribution in [0.3, 0.4) is 0 Å². The van der Waals surface area contributed by atoms with Crippen LogP contribution in [0, 0.1) is 0 Å². The van der Waals surface area contributed by atoms with Gasteiger partial charge in [0.25, 0.3) is 0 Å². The molecule has 1 amide bonds. The van der Waals surface area contributed by atoms with Gasteiger partial charge < -0.3 is 14.4 Å². The van der Waals surface area contributed by atoms with E-state index in [-0.39, 0.29) is 12.5 Å². The number of amides is 1. The lowest BCUT2D eigenvalue weighted by molar-refractivity contribution is -0.132. The van der Waals surface area contributed by atoms with Crippen LogP contribution in [0.4, 0.5) is 0 Å². The van der Waals surface area contributed by atoms with E-state index in [1.165, 1.54) is 24.1 Å². The van der Waals surface area contributed by atoms with Gasteiger partial charge in [-0.05, 0) is 36.3 Å². The van der Waals surface area contributed by atoms with Crippen molar-refractivity contribution in [1.82, 2.24) is 25.1 Å². The summed E-state index contributed by atoms with van der Waals surface area (Å²) in [6, 6.07) is 5.42. The van der Waals surface area contributed by atoms with Gasteiger partial charge in [0.05, 0.1) is 14.2 Å². The van der Waals surface area contributed by atoms with Crippen molar-refractivity contribution >= 4 is 5.91 Å². The Morgan fingerprint density at radius 1 is 1.04 bits per heavy atom. The summed E-state index contributed by atoms with van der Waals surface area (Å²) in [5, 5.41) is 12.4. The average Bonchev–Trinajstić information content (AvgIpc) is 3.09. The van der Waals surface area contributed by atoms with Crippen molar-refractivity contribution < 1.29 is 14.3 Å². The summed E-state index contributed by atoms with van der Waals surface area (Å²) >= 11 is 0. The summed E-state index contributed by atoms with van der Waals surface area (Å²) in [6.45, 7) is 1.74. The first-order valence-electron chi connectivity index (χ1n) is 8.99. The number of carbonyl (C=O) groups excluding carboxylic acids is 1. The number of hydrogen-bond acceptors (Lipinski definition) is 6. The first-order valence-corrected chi connectivity index (χ1v) is 8.99. The minimum Gasteiger partial charge on any atom is -0.493 e. The molecule has 0 unspecified atom stereocenters. The minimum absolute atomic E-state index is 0.0446. The van der Waals surface area contributed by atoms with Crippen LogP contribution >= 0.6 is 0 Å². The summed E-state index contributed by atoms with van der Waals surface area (Å²) in [6.07, 6.45) is 5.77. The number of hydrogen-bond donors (Lipinski definition) is 0. The maximum Gasteiger partial charge on any atom is 0.246 e. The molecule has 0 spiro atoms. The van der Waals surface area contributed by atoms with E-state index in [4.69, 9.17) is 9.47 Å². The SMILES string of the molecule is COc1ccc(-c2nnn(CC(=O)N3CCCCCCC3)n2)cc1OC. The van der Waals surface area contributed by atoms with E-state index < -0.39 is 0 Å². The van der Waals surface area contributed by atoms with Crippen molar-refractivity contribution in [2.45, 2.75) is 38.6 Å². The van der Waals surface area contributed by atoms with Crippen molar-refractivity contribution in [1.29, 1.82) is 0 Å². The molecule has 1 fully saturated rings. The van der Waals surface area contributed by atoms with Crippen LogP contribution in [0.15, 0.2) is 18.2 Å². The van der Waals surface area contributed by atoms with Crippen LogP contribution in [-0.4, -0.2) is 58.3 Å². The summed E-state index contributed by atoms with van der Waals surface area (Å²) in [4.78, 5) is 15.8. The van der Waals surface area contributed by atoms with Crippen LogP contribution < -0.4 is 9.47 Å². The van der Waals surface area contributed by atoms with Crippen LogP contribution in [0.1, 0.15) is 32.1 Å². The Kier molecular flexibility index (Phi) is 6.04. The van der Waals surface area contributed by atoms with Gasteiger partial charge in [-0.15, -0.1) is 10.2 Å². The standard InChI is InChI=1S/C18H25N5O3/c1-25-15-9-8-14(12-16(15)26-2)18-19-21-23(20-18)13-17(24)22-10-6-4-3-5-7-11-22/h8-9,12H,3-7,10-11,13H2,1-2H3. The molecule has 0 radical (unpaired) electrons. The van der Waals surface area contributed by atoms with Gasteiger partial charge >= 0.3 is 0 Å². The molecule has 0 N–H and O–H groups in total. The quantitative estimate of drug-likeness (QED) is 0.813. The molecule has 140 valence electrons. The molecule has 3 rings (SSSR count). The third-order valence-corrected chi connectivity index (χ3v) is 4.58. The molecule has 2 aromatic rings. The topological polar surface area (TPSA) is 82.4 Å². The van der Waals surface area contributed by atoms with E-state index in [9.17, 15) is 4.79 Å². The lowest BCUT2D eigenvalue weighted by atomic mass is 10.1. The fourth-order valence-electron chi connectivity index (χ4n) is 3.12. The Balaban J connectivity index is 1.68. The molecule has 1 aromatic heterocycles. The van der Waals surface area contributed by atoms with Gasteiger partial charge in [0.1, 0.15) is 6.54 Å². The van der Waals surface area contributed by atoms with Crippen LogP contribution in [0.25, 0.3) is 11.4 Å². The van der Waals surface area contributed by atoms with Crippen LogP contribution in [0.5, 0.6) is 11.5 Å². The molecule has 0 atom stereocenters. The number of rotatable bonds is 5. The van der Waals surface area contributed by atoms with Crippen molar-refractivity contribution in [3.8, 4) is 22.9 Å². The predicted octanol–water partition coefficient (Wildman–Crippen LogP) is 2.15. The highest BCUT2D eigenvalue weighted by molar-refractivity contribution is 5.75. The molecule has 1 aliphatic rings.